The number of alkyl halides is 3. The minimum absolute atomic E-state index is 0.0946. The molecule has 2 N–H and O–H groups in total. The molecule has 40 heavy (non-hydrogen) atoms. The maximum absolute atomic E-state index is 13.4. The van der Waals surface area contributed by atoms with Gasteiger partial charge < -0.3 is 20.2 Å². The number of nitrogens with one attached hydrogen (secondary N) is 1. The molecule has 0 saturated carbocycles. The number of aliphatic hydroxyl groups is 1. The Hall–Kier alpha value is -3.69. The van der Waals surface area contributed by atoms with Crippen molar-refractivity contribution in [3.05, 3.63) is 57.9 Å². The Morgan fingerprint density at radius 3 is 2.45 bits per heavy atom. The molecular formula is C25H23F3N8O2S2. The van der Waals surface area contributed by atoms with Crippen LogP contribution in [0.3, 0.4) is 0 Å². The van der Waals surface area contributed by atoms with Crippen molar-refractivity contribution in [2.24, 2.45) is 0 Å². The van der Waals surface area contributed by atoms with Crippen molar-refractivity contribution < 1.29 is 23.1 Å². The molecule has 0 spiro atoms. The molecule has 208 valence electrons. The number of hydrogen-bond donors (Lipinski definition) is 2. The first-order valence-corrected chi connectivity index (χ1v) is 14.1. The van der Waals surface area contributed by atoms with Gasteiger partial charge in [0, 0.05) is 37.1 Å². The van der Waals surface area contributed by atoms with Gasteiger partial charge in [0.2, 0.25) is 5.95 Å². The van der Waals surface area contributed by atoms with Gasteiger partial charge in [0.15, 0.2) is 5.13 Å². The Morgan fingerprint density at radius 2 is 1.82 bits per heavy atom. The molecule has 0 aromatic carbocycles. The molecule has 2 bridgehead atoms. The van der Waals surface area contributed by atoms with Gasteiger partial charge in [0.25, 0.3) is 5.91 Å². The van der Waals surface area contributed by atoms with Gasteiger partial charge in [-0.25, -0.2) is 24.9 Å². The summed E-state index contributed by atoms with van der Waals surface area (Å²) in [5.74, 6) is 0.637. The van der Waals surface area contributed by atoms with Crippen LogP contribution in [0, 0.1) is 6.92 Å². The Labute approximate surface area is 234 Å². The lowest BCUT2D eigenvalue weighted by atomic mass is 10.1. The molecule has 1 amide bonds. The van der Waals surface area contributed by atoms with Crippen molar-refractivity contribution in [1.29, 1.82) is 0 Å². The zero-order valence-electron chi connectivity index (χ0n) is 21.1. The molecule has 0 unspecified atom stereocenters. The predicted octanol–water partition coefficient (Wildman–Crippen LogP) is 4.51. The minimum atomic E-state index is -4.49. The van der Waals surface area contributed by atoms with E-state index in [4.69, 9.17) is 0 Å². The van der Waals surface area contributed by atoms with E-state index < -0.39 is 11.7 Å². The number of carbonyl (C=O) groups excluding carboxylic acids is 1. The lowest BCUT2D eigenvalue weighted by Gasteiger charge is -2.41. The SMILES string of the molecule is Cc1nc(CO)c(-c2csc(Nc3ccc(C(=O)N4[C@@H]5CC[C@H]4CN(c4ncc(C(F)(F)F)cn4)C5)cn3)n2)s1. The number of fused-ring (bicyclic) bond motifs is 2. The number of thiazole rings is 2. The van der Waals surface area contributed by atoms with Crippen LogP contribution in [0.5, 0.6) is 0 Å². The monoisotopic (exact) mass is 588 g/mol. The second kappa shape index (κ2) is 10.4. The molecule has 2 atom stereocenters. The minimum Gasteiger partial charge on any atom is -0.390 e. The maximum Gasteiger partial charge on any atom is 0.419 e. The van der Waals surface area contributed by atoms with E-state index in [9.17, 15) is 23.1 Å². The standard InChI is InChI=1S/C25H23F3N8O2S2/c1-13-32-18(11-37)21(40-13)19-12-39-24(33-19)34-20-5-2-14(6-29-20)22(38)36-16-3-4-17(36)10-35(9-16)23-30-7-15(8-31-23)25(26,27)28/h2,5-8,12,16-17,37H,3-4,9-11H2,1H3,(H,29,33,34)/t16-,17+. The number of hydrogen-bond acceptors (Lipinski definition) is 11. The van der Waals surface area contributed by atoms with E-state index in [1.807, 2.05) is 22.1 Å². The van der Waals surface area contributed by atoms with E-state index in [-0.39, 0.29) is 30.5 Å². The van der Waals surface area contributed by atoms with Crippen LogP contribution in [0.1, 0.15) is 39.5 Å². The largest absolute Gasteiger partial charge is 0.419 e. The molecule has 0 radical (unpaired) electrons. The molecule has 2 aliphatic rings. The van der Waals surface area contributed by atoms with Gasteiger partial charge in [-0.05, 0) is 31.9 Å². The predicted molar refractivity (Wildman–Crippen MR) is 144 cm³/mol. The number of amides is 1. The summed E-state index contributed by atoms with van der Waals surface area (Å²) in [6, 6.07) is 3.25. The molecule has 4 aromatic rings. The highest BCUT2D eigenvalue weighted by molar-refractivity contribution is 7.16. The molecule has 2 saturated heterocycles. The van der Waals surface area contributed by atoms with Crippen molar-refractivity contribution in [2.75, 3.05) is 23.3 Å². The van der Waals surface area contributed by atoms with Crippen molar-refractivity contribution >= 4 is 45.5 Å². The molecule has 2 aliphatic heterocycles. The molecule has 2 fully saturated rings. The van der Waals surface area contributed by atoms with E-state index >= 15 is 0 Å². The fourth-order valence-corrected chi connectivity index (χ4v) is 6.77. The van der Waals surface area contributed by atoms with Crippen LogP contribution < -0.4 is 10.2 Å². The van der Waals surface area contributed by atoms with Crippen LogP contribution in [0.4, 0.5) is 30.1 Å². The van der Waals surface area contributed by atoms with E-state index in [1.165, 1.54) is 28.9 Å². The number of rotatable bonds is 6. The smallest absolute Gasteiger partial charge is 0.390 e. The highest BCUT2D eigenvalue weighted by Gasteiger charge is 2.43. The molecule has 4 aromatic heterocycles. The number of aliphatic hydroxyl groups excluding tert-OH is 1. The fourth-order valence-electron chi connectivity index (χ4n) is 5.09. The summed E-state index contributed by atoms with van der Waals surface area (Å²) in [6.07, 6.45) is 0.218. The summed E-state index contributed by atoms with van der Waals surface area (Å²) in [6.45, 7) is 2.62. The van der Waals surface area contributed by atoms with E-state index in [1.54, 1.807) is 12.1 Å². The Balaban J connectivity index is 1.10. The summed E-state index contributed by atoms with van der Waals surface area (Å²) in [7, 11) is 0. The molecule has 0 aliphatic carbocycles. The van der Waals surface area contributed by atoms with Gasteiger partial charge in [-0.3, -0.25) is 4.79 Å². The molecular weight excluding hydrogens is 565 g/mol. The van der Waals surface area contributed by atoms with Gasteiger partial charge in [0.1, 0.15) is 5.82 Å². The van der Waals surface area contributed by atoms with Gasteiger partial charge in [0.05, 0.1) is 51.1 Å². The second-order valence-corrected chi connectivity index (χ2v) is 11.6. The first-order chi connectivity index (χ1) is 19.2. The van der Waals surface area contributed by atoms with Crippen LogP contribution in [0.25, 0.3) is 10.6 Å². The number of aromatic nitrogens is 5. The zero-order valence-corrected chi connectivity index (χ0v) is 22.7. The third kappa shape index (κ3) is 5.11. The first-order valence-electron chi connectivity index (χ1n) is 12.4. The number of carbonyl (C=O) groups is 1. The number of pyridine rings is 1. The molecule has 6 heterocycles. The highest BCUT2D eigenvalue weighted by atomic mass is 32.1. The molecule has 6 rings (SSSR count). The van der Waals surface area contributed by atoms with Gasteiger partial charge >= 0.3 is 6.18 Å². The fraction of sp³-hybridized carbons (Fsp3) is 0.360. The first kappa shape index (κ1) is 26.5. The third-order valence-electron chi connectivity index (χ3n) is 6.90. The van der Waals surface area contributed by atoms with Crippen molar-refractivity contribution in [2.45, 2.75) is 44.6 Å². The van der Waals surface area contributed by atoms with Gasteiger partial charge in [-0.2, -0.15) is 13.2 Å². The quantitative estimate of drug-likeness (QED) is 0.335. The number of anilines is 3. The average molecular weight is 589 g/mol. The topological polar surface area (TPSA) is 120 Å². The van der Waals surface area contributed by atoms with Crippen molar-refractivity contribution in [3.63, 3.8) is 0 Å². The van der Waals surface area contributed by atoms with Gasteiger partial charge in [-0.15, -0.1) is 22.7 Å². The number of nitrogens with zero attached hydrogens (tertiary/aromatic N) is 7. The summed E-state index contributed by atoms with van der Waals surface area (Å²) in [4.78, 5) is 39.1. The third-order valence-corrected chi connectivity index (χ3v) is 8.69. The average Bonchev–Trinajstić information content (AvgIpc) is 3.63. The van der Waals surface area contributed by atoms with E-state index in [0.29, 0.717) is 35.3 Å². The second-order valence-electron chi connectivity index (χ2n) is 9.53. The lowest BCUT2D eigenvalue weighted by Crippen LogP contribution is -2.56. The Bertz CT molecular complexity index is 1510. The maximum atomic E-state index is 13.4. The molecule has 10 nitrogen and oxygen atoms in total. The number of piperazine rings is 1. The number of aryl methyl sites for hydroxylation is 1. The highest BCUT2D eigenvalue weighted by Crippen LogP contribution is 2.35. The number of halogens is 3. The normalized spacial score (nSPS) is 18.8. The van der Waals surface area contributed by atoms with Crippen LogP contribution in [0.15, 0.2) is 36.1 Å². The van der Waals surface area contributed by atoms with Crippen LogP contribution in [-0.2, 0) is 12.8 Å². The van der Waals surface area contributed by atoms with E-state index in [2.05, 4.69) is 30.2 Å². The zero-order chi connectivity index (χ0) is 28.0. The van der Waals surface area contributed by atoms with E-state index in [0.717, 1.165) is 40.8 Å². The van der Waals surface area contributed by atoms with Crippen LogP contribution >= 0.6 is 22.7 Å². The Kier molecular flexibility index (Phi) is 6.88. The Morgan fingerprint density at radius 1 is 1.10 bits per heavy atom. The summed E-state index contributed by atoms with van der Waals surface area (Å²) >= 11 is 2.87. The summed E-state index contributed by atoms with van der Waals surface area (Å²) < 4.78 is 38.6. The molecule has 15 heteroatoms. The summed E-state index contributed by atoms with van der Waals surface area (Å²) in [5.41, 5.74) is 0.890. The van der Waals surface area contributed by atoms with Crippen LogP contribution in [-0.4, -0.2) is 66.0 Å². The van der Waals surface area contributed by atoms with Crippen molar-refractivity contribution in [1.82, 2.24) is 29.8 Å². The lowest BCUT2D eigenvalue weighted by molar-refractivity contribution is -0.138. The van der Waals surface area contributed by atoms with Crippen LogP contribution in [0.2, 0.25) is 0 Å². The summed E-state index contributed by atoms with van der Waals surface area (Å²) in [5, 5.41) is 16.1. The van der Waals surface area contributed by atoms with Crippen molar-refractivity contribution in [3.8, 4) is 10.6 Å². The van der Waals surface area contributed by atoms with Gasteiger partial charge in [-0.1, -0.05) is 0 Å².